The molecule has 0 saturated carbocycles. The van der Waals surface area contributed by atoms with Gasteiger partial charge in [0.15, 0.2) is 11.6 Å². The van der Waals surface area contributed by atoms with Gasteiger partial charge in [-0.25, -0.2) is 0 Å². The van der Waals surface area contributed by atoms with Crippen LogP contribution in [0, 0.1) is 17.8 Å². The van der Waals surface area contributed by atoms with Gasteiger partial charge in [0.25, 0.3) is 0 Å². The quantitative estimate of drug-likeness (QED) is 0.323. The van der Waals surface area contributed by atoms with Crippen LogP contribution in [-0.4, -0.2) is 45.0 Å². The molecule has 0 bridgehead atoms. The molecule has 2 N–H and O–H groups in total. The van der Waals surface area contributed by atoms with E-state index < -0.39 is 23.7 Å². The second kappa shape index (κ2) is 9.20. The van der Waals surface area contributed by atoms with E-state index in [2.05, 4.69) is 15.9 Å². The molecule has 1 saturated heterocycles. The maximum atomic E-state index is 13.8. The summed E-state index contributed by atoms with van der Waals surface area (Å²) in [7, 11) is 0. The van der Waals surface area contributed by atoms with Crippen LogP contribution in [0.1, 0.15) is 29.9 Å². The molecular weight excluding hydrogens is 550 g/mol. The van der Waals surface area contributed by atoms with Crippen LogP contribution in [0.2, 0.25) is 0 Å². The number of phenolic OH excluding ortho intramolecular Hbond substituents is 2. The van der Waals surface area contributed by atoms with Crippen molar-refractivity contribution in [3.8, 4) is 11.5 Å². The first kappa shape index (κ1) is 24.6. The smallest absolute Gasteiger partial charge is 0.233 e. The van der Waals surface area contributed by atoms with Gasteiger partial charge in [-0.2, -0.15) is 0 Å². The Morgan fingerprint density at radius 2 is 1.53 bits per heavy atom. The van der Waals surface area contributed by atoms with Gasteiger partial charge in [0.1, 0.15) is 11.5 Å². The lowest BCUT2D eigenvalue weighted by atomic mass is 9.59. The maximum Gasteiger partial charge on any atom is 0.233 e. The van der Waals surface area contributed by atoms with E-state index in [-0.39, 0.29) is 52.3 Å². The predicted octanol–water partition coefficient (Wildman–Crippen LogP) is 4.10. The molecule has 192 valence electrons. The number of benzene rings is 2. The Labute approximate surface area is 227 Å². The minimum absolute atomic E-state index is 0.0857. The fourth-order valence-electron chi connectivity index (χ4n) is 6.44. The predicted molar refractivity (Wildman–Crippen MR) is 141 cm³/mol. The molecule has 6 rings (SSSR count). The molecule has 0 aromatic heterocycles. The van der Waals surface area contributed by atoms with E-state index in [0.717, 1.165) is 16.7 Å². The highest BCUT2D eigenvalue weighted by atomic mass is 79.9. The van der Waals surface area contributed by atoms with Crippen molar-refractivity contribution in [2.24, 2.45) is 17.8 Å². The Kier molecular flexibility index (Phi) is 5.94. The summed E-state index contributed by atoms with van der Waals surface area (Å²) >= 11 is 3.23. The summed E-state index contributed by atoms with van der Waals surface area (Å²) < 4.78 is 0.190. The third-order valence-electron chi connectivity index (χ3n) is 8.21. The molecule has 8 heteroatoms. The highest BCUT2D eigenvalue weighted by Crippen LogP contribution is 2.55. The summed E-state index contributed by atoms with van der Waals surface area (Å²) in [4.78, 5) is 54.9. The summed E-state index contributed by atoms with van der Waals surface area (Å²) in [5.74, 6) is -2.78. The average molecular weight is 574 g/mol. The highest BCUT2D eigenvalue weighted by Gasteiger charge is 2.56. The van der Waals surface area contributed by atoms with Crippen molar-refractivity contribution in [2.75, 3.05) is 6.54 Å². The number of hydrogen-bond donors (Lipinski definition) is 2. The van der Waals surface area contributed by atoms with E-state index in [1.807, 2.05) is 6.08 Å². The zero-order valence-electron chi connectivity index (χ0n) is 20.3. The zero-order valence-corrected chi connectivity index (χ0v) is 21.8. The Morgan fingerprint density at radius 1 is 0.868 bits per heavy atom. The number of ketones is 2. The second-order valence-corrected chi connectivity index (χ2v) is 11.1. The molecule has 2 amide bonds. The molecule has 0 spiro atoms. The fourth-order valence-corrected chi connectivity index (χ4v) is 6.89. The number of carbonyl (C=O) groups is 4. The maximum absolute atomic E-state index is 13.8. The molecule has 2 aromatic rings. The van der Waals surface area contributed by atoms with Crippen LogP contribution in [-0.2, 0) is 25.6 Å². The number of rotatable bonds is 4. The summed E-state index contributed by atoms with van der Waals surface area (Å²) in [6, 6.07) is 13.2. The van der Waals surface area contributed by atoms with Gasteiger partial charge in [-0.15, -0.1) is 0 Å². The number of phenols is 2. The molecular formula is C30H24BrNO6. The van der Waals surface area contributed by atoms with E-state index in [4.69, 9.17) is 0 Å². The van der Waals surface area contributed by atoms with Crippen LogP contribution in [0.3, 0.4) is 0 Å². The molecule has 7 nitrogen and oxygen atoms in total. The number of halogens is 1. The largest absolute Gasteiger partial charge is 0.508 e. The SMILES string of the molecule is O=C1C=C(Br)C(=O)C2=C1C(c1ccc(O)cc1)C1=CCC3C(=O)N(CCc4ccc(O)cc4)C(=O)C3C1C2. The molecule has 1 aliphatic heterocycles. The molecule has 4 unspecified atom stereocenters. The van der Waals surface area contributed by atoms with E-state index >= 15 is 0 Å². The number of imide groups is 1. The van der Waals surface area contributed by atoms with Crippen molar-refractivity contribution in [3.05, 3.63) is 93.0 Å². The van der Waals surface area contributed by atoms with E-state index in [1.165, 1.54) is 11.0 Å². The van der Waals surface area contributed by atoms with Crippen LogP contribution in [0.5, 0.6) is 11.5 Å². The van der Waals surface area contributed by atoms with E-state index in [0.29, 0.717) is 24.0 Å². The number of fused-ring (bicyclic) bond motifs is 3. The molecule has 1 fully saturated rings. The Morgan fingerprint density at radius 3 is 2.21 bits per heavy atom. The Hall–Kier alpha value is -3.78. The fraction of sp³-hybridized carbons (Fsp3) is 0.267. The van der Waals surface area contributed by atoms with Crippen molar-refractivity contribution in [2.45, 2.75) is 25.2 Å². The number of amides is 2. The van der Waals surface area contributed by atoms with Gasteiger partial charge in [-0.1, -0.05) is 35.9 Å². The van der Waals surface area contributed by atoms with Crippen LogP contribution in [0.15, 0.2) is 81.9 Å². The third-order valence-corrected chi connectivity index (χ3v) is 8.80. The number of carbonyl (C=O) groups excluding carboxylic acids is 4. The number of likely N-dealkylation sites (tertiary alicyclic amines) is 1. The second-order valence-electron chi connectivity index (χ2n) is 10.2. The van der Waals surface area contributed by atoms with Gasteiger partial charge in [-0.05, 0) is 76.5 Å². The van der Waals surface area contributed by atoms with Gasteiger partial charge in [0.2, 0.25) is 11.8 Å². The van der Waals surface area contributed by atoms with Crippen molar-refractivity contribution >= 4 is 39.3 Å². The normalized spacial score (nSPS) is 26.6. The molecule has 4 atom stereocenters. The summed E-state index contributed by atoms with van der Waals surface area (Å²) in [5, 5.41) is 19.4. The summed E-state index contributed by atoms with van der Waals surface area (Å²) in [6.07, 6.45) is 4.35. The first-order valence-corrected chi connectivity index (χ1v) is 13.3. The van der Waals surface area contributed by atoms with Gasteiger partial charge < -0.3 is 10.2 Å². The van der Waals surface area contributed by atoms with Crippen molar-refractivity contribution < 1.29 is 29.4 Å². The molecule has 1 heterocycles. The topological polar surface area (TPSA) is 112 Å². The summed E-state index contributed by atoms with van der Waals surface area (Å²) in [5.41, 5.74) is 3.32. The van der Waals surface area contributed by atoms with Gasteiger partial charge in [-0.3, -0.25) is 24.1 Å². The lowest BCUT2D eigenvalue weighted by molar-refractivity contribution is -0.140. The van der Waals surface area contributed by atoms with Crippen molar-refractivity contribution in [1.29, 1.82) is 0 Å². The summed E-state index contributed by atoms with van der Waals surface area (Å²) in [6.45, 7) is 0.235. The van der Waals surface area contributed by atoms with Crippen LogP contribution in [0.4, 0.5) is 0 Å². The first-order chi connectivity index (χ1) is 18.2. The van der Waals surface area contributed by atoms with Crippen LogP contribution in [0.25, 0.3) is 0 Å². The number of hydrogen-bond acceptors (Lipinski definition) is 6. The molecule has 38 heavy (non-hydrogen) atoms. The lowest BCUT2D eigenvalue weighted by Gasteiger charge is -2.42. The Balaban J connectivity index is 1.37. The van der Waals surface area contributed by atoms with Crippen LogP contribution < -0.4 is 0 Å². The van der Waals surface area contributed by atoms with E-state index in [9.17, 15) is 29.4 Å². The lowest BCUT2D eigenvalue weighted by Crippen LogP contribution is -2.39. The zero-order chi connectivity index (χ0) is 26.7. The van der Waals surface area contributed by atoms with Gasteiger partial charge in [0.05, 0.1) is 16.3 Å². The molecule has 4 aliphatic rings. The Bertz CT molecular complexity index is 1480. The van der Waals surface area contributed by atoms with Crippen molar-refractivity contribution in [1.82, 2.24) is 4.90 Å². The van der Waals surface area contributed by atoms with E-state index in [1.54, 1.807) is 48.5 Å². The van der Waals surface area contributed by atoms with Crippen LogP contribution >= 0.6 is 15.9 Å². The van der Waals surface area contributed by atoms with Gasteiger partial charge in [0, 0.05) is 29.7 Å². The first-order valence-electron chi connectivity index (χ1n) is 12.6. The minimum Gasteiger partial charge on any atom is -0.508 e. The molecule has 2 aromatic carbocycles. The number of allylic oxidation sites excluding steroid dienone is 6. The molecule has 3 aliphatic carbocycles. The number of nitrogens with zero attached hydrogens (tertiary/aromatic N) is 1. The standard InChI is InChI=1S/C30H24BrNO6/c31-23-14-24(35)27-22(28(23)36)13-21-19(25(27)16-3-7-18(34)8-4-16)9-10-20-26(21)30(38)32(29(20)37)12-11-15-1-5-17(33)6-2-15/h1-9,14,20-21,25-26,33-34H,10-13H2. The third kappa shape index (κ3) is 3.86. The number of Topliss-reactive ketones (excluding diaryl/α,β-unsaturated/α-hetero) is 1. The monoisotopic (exact) mass is 573 g/mol. The highest BCUT2D eigenvalue weighted by molar-refractivity contribution is 9.12. The average Bonchev–Trinajstić information content (AvgIpc) is 3.15. The number of aromatic hydroxyl groups is 2. The minimum atomic E-state index is -0.608. The van der Waals surface area contributed by atoms with Gasteiger partial charge >= 0.3 is 0 Å². The molecule has 0 radical (unpaired) electrons. The van der Waals surface area contributed by atoms with Crippen molar-refractivity contribution in [3.63, 3.8) is 0 Å².